The number of aliphatic imine (C=N–C) groups is 1. The van der Waals surface area contributed by atoms with Crippen molar-refractivity contribution in [2.24, 2.45) is 10.9 Å². The SMILES string of the molecule is CN1C(=O)CN=C(c2ccccc2)c2cc(Cl)ccc21.COC(=O)[C@H]1[C@@H](OC(=O)c2ccccc2)C[C@@H]2CC[C@H]1N2C. The minimum absolute atomic E-state index is 0.0282. The number of fused-ring (bicyclic) bond motifs is 3. The van der Waals surface area contributed by atoms with Gasteiger partial charge < -0.3 is 14.4 Å². The summed E-state index contributed by atoms with van der Waals surface area (Å²) in [5, 5.41) is 0.634. The maximum Gasteiger partial charge on any atom is 0.338 e. The smallest absolute Gasteiger partial charge is 0.338 e. The minimum atomic E-state index is -0.408. The molecule has 218 valence electrons. The van der Waals surface area contributed by atoms with Gasteiger partial charge in [0.2, 0.25) is 5.91 Å². The first-order valence-electron chi connectivity index (χ1n) is 14.0. The van der Waals surface area contributed by atoms with Crippen LogP contribution >= 0.6 is 11.6 Å². The Balaban J connectivity index is 0.000000169. The molecule has 2 bridgehead atoms. The van der Waals surface area contributed by atoms with E-state index in [1.54, 1.807) is 42.3 Å². The summed E-state index contributed by atoms with van der Waals surface area (Å²) in [6.07, 6.45) is 2.26. The minimum Gasteiger partial charge on any atom is -0.469 e. The lowest BCUT2D eigenvalue weighted by atomic mass is 9.87. The molecule has 2 saturated heterocycles. The van der Waals surface area contributed by atoms with Crippen LogP contribution in [0.15, 0.2) is 83.9 Å². The molecule has 8 nitrogen and oxygen atoms in total. The Morgan fingerprint density at radius 2 is 1.64 bits per heavy atom. The van der Waals surface area contributed by atoms with E-state index in [4.69, 9.17) is 21.1 Å². The Hall–Kier alpha value is -4.01. The van der Waals surface area contributed by atoms with Gasteiger partial charge in [-0.05, 0) is 50.2 Å². The van der Waals surface area contributed by atoms with Crippen molar-refractivity contribution in [3.8, 4) is 0 Å². The summed E-state index contributed by atoms with van der Waals surface area (Å²) in [7, 11) is 5.19. The highest BCUT2D eigenvalue weighted by molar-refractivity contribution is 6.32. The lowest BCUT2D eigenvalue weighted by molar-refractivity contribution is -0.156. The molecule has 0 saturated carbocycles. The van der Waals surface area contributed by atoms with Crippen LogP contribution in [0.1, 0.15) is 40.7 Å². The van der Waals surface area contributed by atoms with Crippen molar-refractivity contribution in [3.05, 3.63) is 101 Å². The van der Waals surface area contributed by atoms with Gasteiger partial charge in [-0.15, -0.1) is 0 Å². The van der Waals surface area contributed by atoms with Crippen LogP contribution in [0, 0.1) is 5.92 Å². The van der Waals surface area contributed by atoms with Crippen molar-refractivity contribution in [1.29, 1.82) is 0 Å². The van der Waals surface area contributed by atoms with Crippen LogP contribution < -0.4 is 4.90 Å². The predicted molar refractivity (Wildman–Crippen MR) is 162 cm³/mol. The van der Waals surface area contributed by atoms with E-state index in [9.17, 15) is 14.4 Å². The van der Waals surface area contributed by atoms with Crippen LogP contribution in [0.5, 0.6) is 0 Å². The summed E-state index contributed by atoms with van der Waals surface area (Å²) >= 11 is 6.11. The highest BCUT2D eigenvalue weighted by atomic mass is 35.5. The maximum atomic E-state index is 12.3. The Morgan fingerprint density at radius 3 is 2.33 bits per heavy atom. The number of benzene rings is 3. The Labute approximate surface area is 250 Å². The second-order valence-electron chi connectivity index (χ2n) is 10.7. The van der Waals surface area contributed by atoms with E-state index >= 15 is 0 Å². The van der Waals surface area contributed by atoms with E-state index in [0.29, 0.717) is 23.0 Å². The number of ether oxygens (including phenoxy) is 2. The first-order chi connectivity index (χ1) is 20.3. The molecule has 0 aliphatic carbocycles. The van der Waals surface area contributed by atoms with Crippen LogP contribution in [-0.2, 0) is 19.1 Å². The maximum absolute atomic E-state index is 12.3. The second-order valence-corrected chi connectivity index (χ2v) is 11.1. The summed E-state index contributed by atoms with van der Waals surface area (Å²) < 4.78 is 10.6. The van der Waals surface area contributed by atoms with E-state index in [2.05, 4.69) is 9.89 Å². The van der Waals surface area contributed by atoms with Crippen LogP contribution in [0.3, 0.4) is 0 Å². The highest BCUT2D eigenvalue weighted by Gasteiger charge is 2.51. The molecule has 42 heavy (non-hydrogen) atoms. The largest absolute Gasteiger partial charge is 0.469 e. The summed E-state index contributed by atoms with van der Waals surface area (Å²) in [5.74, 6) is -1.09. The van der Waals surface area contributed by atoms with E-state index in [1.165, 1.54) is 7.11 Å². The number of rotatable bonds is 4. The molecule has 0 spiro atoms. The number of likely N-dealkylation sites (N-methyl/N-ethyl adjacent to an activating group) is 1. The number of benzodiazepines with no additional fused rings is 1. The molecule has 3 aliphatic heterocycles. The second kappa shape index (κ2) is 12.9. The number of methoxy groups -OCH3 is 1. The quantitative estimate of drug-likeness (QED) is 0.398. The molecule has 0 unspecified atom stereocenters. The van der Waals surface area contributed by atoms with Crippen molar-refractivity contribution in [1.82, 2.24) is 4.90 Å². The van der Waals surface area contributed by atoms with Gasteiger partial charge in [0.25, 0.3) is 0 Å². The van der Waals surface area contributed by atoms with Gasteiger partial charge in [-0.25, -0.2) is 4.79 Å². The average molecular weight is 588 g/mol. The molecule has 4 atom stereocenters. The number of carbonyl (C=O) groups is 3. The Bertz CT molecular complexity index is 1480. The summed E-state index contributed by atoms with van der Waals surface area (Å²) in [4.78, 5) is 44.8. The van der Waals surface area contributed by atoms with Crippen molar-refractivity contribution in [2.75, 3.05) is 32.6 Å². The number of carbonyl (C=O) groups excluding carboxylic acids is 3. The molecule has 6 rings (SSSR count). The van der Waals surface area contributed by atoms with E-state index < -0.39 is 12.0 Å². The zero-order valence-electron chi connectivity index (χ0n) is 23.9. The van der Waals surface area contributed by atoms with Crippen molar-refractivity contribution in [2.45, 2.75) is 37.5 Å². The first-order valence-corrected chi connectivity index (χ1v) is 14.4. The first kappa shape index (κ1) is 29.5. The molecular formula is C33H34ClN3O5. The molecule has 3 aromatic carbocycles. The van der Waals surface area contributed by atoms with Crippen molar-refractivity contribution < 1.29 is 23.9 Å². The number of halogens is 1. The number of nitrogens with zero attached hydrogens (tertiary/aromatic N) is 3. The number of piperidine rings is 1. The van der Waals surface area contributed by atoms with Gasteiger partial charge in [0.15, 0.2) is 0 Å². The van der Waals surface area contributed by atoms with Crippen molar-refractivity contribution in [3.63, 3.8) is 0 Å². The summed E-state index contributed by atoms with van der Waals surface area (Å²) in [5.41, 5.74) is 4.02. The highest BCUT2D eigenvalue weighted by Crippen LogP contribution is 2.40. The fourth-order valence-electron chi connectivity index (χ4n) is 6.07. The summed E-state index contributed by atoms with van der Waals surface area (Å²) in [6, 6.07) is 24.7. The van der Waals surface area contributed by atoms with Crippen LogP contribution in [0.2, 0.25) is 5.02 Å². The van der Waals surface area contributed by atoms with Gasteiger partial charge in [0, 0.05) is 41.7 Å². The molecular weight excluding hydrogens is 554 g/mol. The fraction of sp³-hybridized carbons (Fsp3) is 0.333. The van der Waals surface area contributed by atoms with Crippen LogP contribution in [0.4, 0.5) is 5.69 Å². The average Bonchev–Trinajstić information content (AvgIpc) is 3.18. The molecule has 9 heteroatoms. The number of amides is 1. The zero-order chi connectivity index (χ0) is 29.8. The van der Waals surface area contributed by atoms with Gasteiger partial charge in [-0.3, -0.25) is 19.5 Å². The molecule has 0 aromatic heterocycles. The lowest BCUT2D eigenvalue weighted by Gasteiger charge is -2.40. The van der Waals surface area contributed by atoms with Gasteiger partial charge in [0.1, 0.15) is 18.6 Å². The fourth-order valence-corrected chi connectivity index (χ4v) is 6.24. The lowest BCUT2D eigenvalue weighted by Crippen LogP contribution is -2.53. The van der Waals surface area contributed by atoms with Gasteiger partial charge in [0.05, 0.1) is 24.1 Å². The molecule has 0 radical (unpaired) electrons. The Morgan fingerprint density at radius 1 is 0.952 bits per heavy atom. The standard InChI is InChI=1S/C17H21NO4.C16H13ClN2O/c1-18-12-8-9-13(18)15(17(20)21-2)14(10-12)22-16(19)11-6-4-3-5-7-11;1-19-14-8-7-12(17)9-13(14)16(18-10-15(19)20)11-5-3-2-4-6-11/h3-7,12-15H,8-10H2,1-2H3;2-9H,10H2,1H3/t12-,13+,14-,15+;/m0./s1. The van der Waals surface area contributed by atoms with Gasteiger partial charge >= 0.3 is 11.9 Å². The van der Waals surface area contributed by atoms with E-state index in [1.807, 2.05) is 55.6 Å². The number of esters is 2. The molecule has 3 aliphatic rings. The number of hydrogen-bond donors (Lipinski definition) is 0. The number of hydrogen-bond acceptors (Lipinski definition) is 7. The van der Waals surface area contributed by atoms with Gasteiger partial charge in [-0.1, -0.05) is 60.1 Å². The van der Waals surface area contributed by atoms with Crippen molar-refractivity contribution >= 4 is 40.8 Å². The van der Waals surface area contributed by atoms with E-state index in [0.717, 1.165) is 35.4 Å². The van der Waals surface area contributed by atoms with Crippen LogP contribution in [-0.4, -0.2) is 74.4 Å². The third kappa shape index (κ3) is 6.10. The monoisotopic (exact) mass is 587 g/mol. The molecule has 2 fully saturated rings. The molecule has 0 N–H and O–H groups in total. The van der Waals surface area contributed by atoms with E-state index in [-0.39, 0.29) is 30.4 Å². The number of anilines is 1. The summed E-state index contributed by atoms with van der Waals surface area (Å²) in [6.45, 7) is 0.146. The topological polar surface area (TPSA) is 88.5 Å². The normalized spacial score (nSPS) is 23.1. The third-order valence-electron chi connectivity index (χ3n) is 8.32. The molecule has 3 aromatic rings. The predicted octanol–water partition coefficient (Wildman–Crippen LogP) is 5.02. The Kier molecular flexibility index (Phi) is 9.04. The molecule has 1 amide bonds. The van der Waals surface area contributed by atoms with Crippen LogP contribution in [0.25, 0.3) is 0 Å². The third-order valence-corrected chi connectivity index (χ3v) is 8.56. The van der Waals surface area contributed by atoms with Gasteiger partial charge in [-0.2, -0.15) is 0 Å². The molecule has 3 heterocycles. The zero-order valence-corrected chi connectivity index (χ0v) is 24.7.